The minimum absolute atomic E-state index is 0.102. The summed E-state index contributed by atoms with van der Waals surface area (Å²) in [6.07, 6.45) is 0. The fraction of sp³-hybridized carbons (Fsp3) is 0.875. The zero-order chi connectivity index (χ0) is 9.07. The highest BCUT2D eigenvalue weighted by atomic mass is 32.2. The van der Waals surface area contributed by atoms with Crippen LogP contribution < -0.4 is 0 Å². The van der Waals surface area contributed by atoms with Crippen molar-refractivity contribution in [3.05, 3.63) is 0 Å². The van der Waals surface area contributed by atoms with E-state index in [-0.39, 0.29) is 10.7 Å². The minimum atomic E-state index is -0.890. The Bertz CT molecular complexity index is 187. The van der Waals surface area contributed by atoms with Gasteiger partial charge in [0.1, 0.15) is 0 Å². The Morgan fingerprint density at radius 3 is 2.27 bits per heavy atom. The van der Waals surface area contributed by atoms with Gasteiger partial charge in [0.15, 0.2) is 0 Å². The molecule has 2 nitrogen and oxygen atoms in total. The summed E-state index contributed by atoms with van der Waals surface area (Å²) < 4.78 is 11.2. The molecule has 0 aromatic carbocycles. The Balaban J connectivity index is 4.01. The van der Waals surface area contributed by atoms with E-state index in [0.29, 0.717) is 5.75 Å². The van der Waals surface area contributed by atoms with Crippen LogP contribution in [0, 0.1) is 17.2 Å². The van der Waals surface area contributed by atoms with Crippen LogP contribution in [-0.4, -0.2) is 14.7 Å². The van der Waals surface area contributed by atoms with Crippen LogP contribution in [0.1, 0.15) is 27.7 Å². The van der Waals surface area contributed by atoms with E-state index in [1.165, 1.54) is 0 Å². The maximum atomic E-state index is 11.4. The molecular weight excluding hydrogens is 158 g/mol. The highest BCUT2D eigenvalue weighted by molar-refractivity contribution is 7.86. The number of nitriles is 1. The van der Waals surface area contributed by atoms with E-state index >= 15 is 0 Å². The molecule has 2 unspecified atom stereocenters. The third-order valence-electron chi connectivity index (χ3n) is 1.30. The Hall–Kier alpha value is -0.360. The molecule has 0 heterocycles. The smallest absolute Gasteiger partial charge is 0.0662 e. The molecule has 0 radical (unpaired) electrons. The molecule has 0 amide bonds. The number of nitrogens with zero attached hydrogens (tertiary/aromatic N) is 1. The van der Waals surface area contributed by atoms with Gasteiger partial charge in [0.05, 0.1) is 12.0 Å². The standard InChI is InChI=1S/C8H15NOS/c1-7(5-9)6-11(10)8(2,3)4/h7H,6H2,1-4H3. The van der Waals surface area contributed by atoms with Gasteiger partial charge in [-0.2, -0.15) is 5.26 Å². The number of hydrogen-bond acceptors (Lipinski definition) is 2. The first-order chi connectivity index (χ1) is 4.88. The second kappa shape index (κ2) is 3.87. The molecule has 0 saturated carbocycles. The average molecular weight is 173 g/mol. The number of hydrogen-bond donors (Lipinski definition) is 0. The zero-order valence-corrected chi connectivity index (χ0v) is 8.36. The van der Waals surface area contributed by atoms with Crippen LogP contribution in [0.5, 0.6) is 0 Å². The summed E-state index contributed by atoms with van der Waals surface area (Å²) in [5.74, 6) is 0.384. The molecule has 0 bridgehead atoms. The fourth-order valence-electron chi connectivity index (χ4n) is 0.514. The molecule has 0 aromatic heterocycles. The van der Waals surface area contributed by atoms with Crippen molar-refractivity contribution < 1.29 is 4.21 Å². The van der Waals surface area contributed by atoms with Crippen molar-refractivity contribution in [2.45, 2.75) is 32.4 Å². The van der Waals surface area contributed by atoms with Crippen molar-refractivity contribution in [3.8, 4) is 6.07 Å². The predicted molar refractivity (Wildman–Crippen MR) is 47.5 cm³/mol. The third kappa shape index (κ3) is 4.15. The average Bonchev–Trinajstić information content (AvgIpc) is 1.85. The van der Waals surface area contributed by atoms with Gasteiger partial charge < -0.3 is 0 Å². The van der Waals surface area contributed by atoms with E-state index in [2.05, 4.69) is 6.07 Å². The molecule has 0 spiro atoms. The maximum Gasteiger partial charge on any atom is 0.0662 e. The van der Waals surface area contributed by atoms with Gasteiger partial charge in [0, 0.05) is 21.3 Å². The van der Waals surface area contributed by atoms with Gasteiger partial charge >= 0.3 is 0 Å². The monoisotopic (exact) mass is 173 g/mol. The summed E-state index contributed by atoms with van der Waals surface area (Å²) in [5, 5.41) is 8.46. The van der Waals surface area contributed by atoms with Gasteiger partial charge in [0.25, 0.3) is 0 Å². The van der Waals surface area contributed by atoms with Gasteiger partial charge in [0.2, 0.25) is 0 Å². The second-order valence-electron chi connectivity index (χ2n) is 3.65. The molecular formula is C8H15NOS. The van der Waals surface area contributed by atoms with Crippen LogP contribution in [0.3, 0.4) is 0 Å². The largest absolute Gasteiger partial charge is 0.259 e. The maximum absolute atomic E-state index is 11.4. The third-order valence-corrected chi connectivity index (χ3v) is 3.47. The minimum Gasteiger partial charge on any atom is -0.259 e. The van der Waals surface area contributed by atoms with E-state index in [0.717, 1.165) is 0 Å². The quantitative estimate of drug-likeness (QED) is 0.637. The van der Waals surface area contributed by atoms with Crippen molar-refractivity contribution in [1.29, 1.82) is 5.26 Å². The van der Waals surface area contributed by atoms with Crippen LogP contribution >= 0.6 is 0 Å². The lowest BCUT2D eigenvalue weighted by atomic mass is 10.2. The van der Waals surface area contributed by atoms with Crippen molar-refractivity contribution in [2.24, 2.45) is 5.92 Å². The van der Waals surface area contributed by atoms with Crippen molar-refractivity contribution in [3.63, 3.8) is 0 Å². The van der Waals surface area contributed by atoms with E-state index in [9.17, 15) is 4.21 Å². The molecule has 0 N–H and O–H groups in total. The highest BCUT2D eigenvalue weighted by Gasteiger charge is 2.20. The topological polar surface area (TPSA) is 40.9 Å². The van der Waals surface area contributed by atoms with Crippen LogP contribution in [0.15, 0.2) is 0 Å². The molecule has 3 heteroatoms. The summed E-state index contributed by atoms with van der Waals surface area (Å²) in [4.78, 5) is 0. The molecule has 0 aliphatic carbocycles. The second-order valence-corrected chi connectivity index (χ2v) is 5.90. The Morgan fingerprint density at radius 2 is 2.00 bits per heavy atom. The summed E-state index contributed by atoms with van der Waals surface area (Å²) in [7, 11) is -0.890. The molecule has 11 heavy (non-hydrogen) atoms. The molecule has 0 aromatic rings. The summed E-state index contributed by atoms with van der Waals surface area (Å²) >= 11 is 0. The molecule has 0 fully saturated rings. The van der Waals surface area contributed by atoms with Gasteiger partial charge in [-0.05, 0) is 27.7 Å². The Labute approximate surface area is 71.1 Å². The van der Waals surface area contributed by atoms with Gasteiger partial charge in [-0.25, -0.2) is 0 Å². The van der Waals surface area contributed by atoms with E-state index in [4.69, 9.17) is 5.26 Å². The molecule has 0 rings (SSSR count). The van der Waals surface area contributed by atoms with Crippen molar-refractivity contribution in [1.82, 2.24) is 0 Å². The van der Waals surface area contributed by atoms with Crippen LogP contribution in [-0.2, 0) is 10.8 Å². The van der Waals surface area contributed by atoms with E-state index < -0.39 is 10.8 Å². The summed E-state index contributed by atoms with van der Waals surface area (Å²) in [6, 6.07) is 2.07. The summed E-state index contributed by atoms with van der Waals surface area (Å²) in [5.41, 5.74) is 0. The Morgan fingerprint density at radius 1 is 1.55 bits per heavy atom. The lowest BCUT2D eigenvalue weighted by Crippen LogP contribution is -2.26. The van der Waals surface area contributed by atoms with Crippen molar-refractivity contribution >= 4 is 10.8 Å². The van der Waals surface area contributed by atoms with Crippen molar-refractivity contribution in [2.75, 3.05) is 5.75 Å². The highest BCUT2D eigenvalue weighted by Crippen LogP contribution is 2.13. The molecule has 64 valence electrons. The van der Waals surface area contributed by atoms with Gasteiger partial charge in [-0.1, -0.05) is 0 Å². The van der Waals surface area contributed by atoms with Crippen LogP contribution in [0.2, 0.25) is 0 Å². The van der Waals surface area contributed by atoms with E-state index in [1.807, 2.05) is 20.8 Å². The zero-order valence-electron chi connectivity index (χ0n) is 7.55. The Kier molecular flexibility index (Phi) is 3.74. The first-order valence-electron chi connectivity index (χ1n) is 3.66. The van der Waals surface area contributed by atoms with Gasteiger partial charge in [-0.15, -0.1) is 0 Å². The first kappa shape index (κ1) is 10.6. The summed E-state index contributed by atoms with van der Waals surface area (Å²) in [6.45, 7) is 7.57. The fourth-order valence-corrected chi connectivity index (χ4v) is 1.54. The van der Waals surface area contributed by atoms with Gasteiger partial charge in [-0.3, -0.25) is 4.21 Å². The number of rotatable bonds is 2. The molecule has 2 atom stereocenters. The molecule has 0 aliphatic rings. The molecule has 0 aliphatic heterocycles. The normalized spacial score (nSPS) is 17.0. The van der Waals surface area contributed by atoms with Crippen LogP contribution in [0.4, 0.5) is 0 Å². The molecule has 0 saturated heterocycles. The lowest BCUT2D eigenvalue weighted by Gasteiger charge is -2.17. The lowest BCUT2D eigenvalue weighted by molar-refractivity contribution is 0.641. The first-order valence-corrected chi connectivity index (χ1v) is 4.98. The van der Waals surface area contributed by atoms with E-state index in [1.54, 1.807) is 6.92 Å². The predicted octanol–water partition coefficient (Wildman–Crippen LogP) is 1.69. The SMILES string of the molecule is CC(C#N)CS(=O)C(C)(C)C. The van der Waals surface area contributed by atoms with Crippen LogP contribution in [0.25, 0.3) is 0 Å².